The molecule has 0 aromatic heterocycles. The van der Waals surface area contributed by atoms with E-state index >= 15 is 0 Å². The predicted octanol–water partition coefficient (Wildman–Crippen LogP) is -4.11. The van der Waals surface area contributed by atoms with Crippen LogP contribution in [0.1, 0.15) is 25.7 Å². The van der Waals surface area contributed by atoms with Crippen LogP contribution in [0, 0.1) is 0 Å². The van der Waals surface area contributed by atoms with Gasteiger partial charge in [-0.15, -0.1) is 0 Å². The van der Waals surface area contributed by atoms with Gasteiger partial charge in [0, 0.05) is 12.1 Å². The molecule has 0 spiro atoms. The van der Waals surface area contributed by atoms with E-state index in [2.05, 4.69) is 10.6 Å². The van der Waals surface area contributed by atoms with Crippen molar-refractivity contribution < 1.29 is 46.4 Å². The van der Waals surface area contributed by atoms with E-state index in [4.69, 9.17) is 20.4 Å². The van der Waals surface area contributed by atoms with Crippen molar-refractivity contribution in [3.8, 4) is 0 Å². The highest BCUT2D eigenvalue weighted by Crippen LogP contribution is 2.16. The molecule has 0 aromatic carbocycles. The first-order valence-corrected chi connectivity index (χ1v) is 6.72. The molecule has 23 heavy (non-hydrogen) atoms. The Bertz CT molecular complexity index is 298. The molecule has 0 amide bonds. The number of carboxylic acids is 2. The summed E-state index contributed by atoms with van der Waals surface area (Å²) in [5, 5.41) is 39.6. The molecule has 12 N–H and O–H groups in total. The molecule has 140 valence electrons. The van der Waals surface area contributed by atoms with Crippen molar-refractivity contribution in [1.29, 1.82) is 0 Å². The summed E-state index contributed by atoms with van der Waals surface area (Å²) in [5.41, 5.74) is 0. The van der Waals surface area contributed by atoms with E-state index in [0.717, 1.165) is 12.1 Å². The lowest BCUT2D eigenvalue weighted by Crippen LogP contribution is -2.40. The number of hydrogen-bond donors (Lipinski definition) is 6. The number of nitrogens with one attached hydrogen (secondary N) is 2. The maximum absolute atomic E-state index is 9.77. The molecule has 4 atom stereocenters. The molecule has 0 aliphatic carbocycles. The fourth-order valence-corrected chi connectivity index (χ4v) is 2.38. The minimum Gasteiger partial charge on any atom is -0.479 e. The van der Waals surface area contributed by atoms with E-state index in [1.807, 2.05) is 0 Å². The van der Waals surface area contributed by atoms with Crippen molar-refractivity contribution in [2.45, 2.75) is 50.0 Å². The quantitative estimate of drug-likeness (QED) is 0.292. The minimum absolute atomic E-state index is 0. The molecule has 2 rings (SSSR count). The Morgan fingerprint density at radius 3 is 1.26 bits per heavy atom. The fraction of sp³-hybridized carbons (Fsp3) is 0.833. The van der Waals surface area contributed by atoms with E-state index < -0.39 is 24.1 Å². The van der Waals surface area contributed by atoms with Crippen LogP contribution in [-0.2, 0) is 9.59 Å². The van der Waals surface area contributed by atoms with Crippen LogP contribution >= 0.6 is 0 Å². The van der Waals surface area contributed by atoms with Crippen LogP contribution in [0.2, 0.25) is 0 Å². The van der Waals surface area contributed by atoms with Gasteiger partial charge in [0.05, 0.1) is 0 Å². The Hall–Kier alpha value is -1.34. The molecule has 2 fully saturated rings. The van der Waals surface area contributed by atoms with E-state index in [1.54, 1.807) is 0 Å². The van der Waals surface area contributed by atoms with E-state index in [1.165, 1.54) is 38.8 Å². The molecule has 11 heteroatoms. The molecule has 2 heterocycles. The van der Waals surface area contributed by atoms with Gasteiger partial charge in [0.25, 0.3) is 0 Å². The fourth-order valence-electron chi connectivity index (χ4n) is 2.38. The molecule has 2 aliphatic rings. The molecule has 0 bridgehead atoms. The zero-order valence-electron chi connectivity index (χ0n) is 12.7. The highest BCUT2D eigenvalue weighted by atomic mass is 16.4. The maximum Gasteiger partial charge on any atom is 0.335 e. The molecule has 0 radical (unpaired) electrons. The molecular weight excluding hydrogens is 316 g/mol. The molecule has 4 unspecified atom stereocenters. The van der Waals surface area contributed by atoms with Gasteiger partial charge in [-0.05, 0) is 38.8 Å². The van der Waals surface area contributed by atoms with Crippen LogP contribution in [0.15, 0.2) is 0 Å². The van der Waals surface area contributed by atoms with Crippen molar-refractivity contribution in [1.82, 2.24) is 10.6 Å². The van der Waals surface area contributed by atoms with Crippen molar-refractivity contribution >= 4 is 11.9 Å². The summed E-state index contributed by atoms with van der Waals surface area (Å²) in [6.45, 7) is 2.48. The van der Waals surface area contributed by atoms with Crippen LogP contribution in [0.3, 0.4) is 0 Å². The lowest BCUT2D eigenvalue weighted by atomic mass is 10.1. The Morgan fingerprint density at radius 2 is 1.09 bits per heavy atom. The monoisotopic (exact) mass is 344 g/mol. The smallest absolute Gasteiger partial charge is 0.335 e. The third-order valence-electron chi connectivity index (χ3n) is 3.49. The first kappa shape index (κ1) is 26.6. The Kier molecular flexibility index (Phi) is 15.2. The number of aliphatic hydroxyl groups is 2. The van der Waals surface area contributed by atoms with E-state index in [-0.39, 0.29) is 16.4 Å². The third kappa shape index (κ3) is 8.76. The number of aliphatic carboxylic acids is 2. The average molecular weight is 344 g/mol. The molecule has 2 saturated heterocycles. The highest BCUT2D eigenvalue weighted by Gasteiger charge is 2.29. The zero-order chi connectivity index (χ0) is 15.1. The molecule has 0 saturated carbocycles. The Balaban J connectivity index is -0.000000308. The lowest BCUT2D eigenvalue weighted by molar-refractivity contribution is -0.165. The SMILES string of the molecule is C1CNC(C2CCCN2)C1.O.O.O.O=C(O)C(O)C(O)C(=O)O. The highest BCUT2D eigenvalue weighted by molar-refractivity contribution is 5.83. The second kappa shape index (κ2) is 13.1. The zero-order valence-corrected chi connectivity index (χ0v) is 12.7. The van der Waals surface area contributed by atoms with Crippen molar-refractivity contribution in [2.24, 2.45) is 0 Å². The van der Waals surface area contributed by atoms with Crippen molar-refractivity contribution in [3.63, 3.8) is 0 Å². The van der Waals surface area contributed by atoms with Gasteiger partial charge >= 0.3 is 11.9 Å². The number of carbonyl (C=O) groups is 2. The number of aliphatic hydroxyl groups excluding tert-OH is 2. The molecule has 0 aromatic rings. The first-order chi connectivity index (χ1) is 9.43. The van der Waals surface area contributed by atoms with E-state index in [9.17, 15) is 9.59 Å². The summed E-state index contributed by atoms with van der Waals surface area (Å²) in [7, 11) is 0. The summed E-state index contributed by atoms with van der Waals surface area (Å²) < 4.78 is 0. The first-order valence-electron chi connectivity index (χ1n) is 6.72. The largest absolute Gasteiger partial charge is 0.479 e. The van der Waals surface area contributed by atoms with Crippen molar-refractivity contribution in [3.05, 3.63) is 0 Å². The van der Waals surface area contributed by atoms with Crippen molar-refractivity contribution in [2.75, 3.05) is 13.1 Å². The summed E-state index contributed by atoms with van der Waals surface area (Å²) in [4.78, 5) is 19.5. The van der Waals surface area contributed by atoms with Gasteiger partial charge in [-0.1, -0.05) is 0 Å². The van der Waals surface area contributed by atoms with Gasteiger partial charge in [0.15, 0.2) is 12.2 Å². The van der Waals surface area contributed by atoms with Gasteiger partial charge < -0.3 is 47.5 Å². The van der Waals surface area contributed by atoms with Crippen LogP contribution in [0.25, 0.3) is 0 Å². The van der Waals surface area contributed by atoms with Crippen LogP contribution in [0.4, 0.5) is 0 Å². The molecular formula is C12H28N2O9. The standard InChI is InChI=1S/C8H16N2.C4H6O6.3H2O/c1-3-7(9-5-1)8-4-2-6-10-8;5-1(3(7)8)2(6)4(9)10;;;/h7-10H,1-6H2;1-2,5-6H,(H,7,8)(H,9,10);3*1H2. The minimum atomic E-state index is -2.27. The van der Waals surface area contributed by atoms with Gasteiger partial charge in [-0.25, -0.2) is 9.59 Å². The van der Waals surface area contributed by atoms with E-state index in [0.29, 0.717) is 0 Å². The summed E-state index contributed by atoms with van der Waals surface area (Å²) in [6.07, 6.45) is 0.996. The normalized spacial score (nSPS) is 24.6. The topological polar surface area (TPSA) is 234 Å². The summed E-state index contributed by atoms with van der Waals surface area (Å²) in [5.74, 6) is -3.54. The summed E-state index contributed by atoms with van der Waals surface area (Å²) >= 11 is 0. The second-order valence-corrected chi connectivity index (χ2v) is 4.97. The lowest BCUT2D eigenvalue weighted by Gasteiger charge is -2.17. The average Bonchev–Trinajstić information content (AvgIpc) is 3.08. The summed E-state index contributed by atoms with van der Waals surface area (Å²) in [6, 6.07) is 1.59. The molecule has 11 nitrogen and oxygen atoms in total. The van der Waals surface area contributed by atoms with Gasteiger partial charge in [0.2, 0.25) is 0 Å². The Labute approximate surface area is 133 Å². The predicted molar refractivity (Wildman–Crippen MR) is 80.2 cm³/mol. The number of carboxylic acid groups (broad SMARTS) is 2. The third-order valence-corrected chi connectivity index (χ3v) is 3.49. The van der Waals surface area contributed by atoms with Crippen LogP contribution in [0.5, 0.6) is 0 Å². The molecule has 2 aliphatic heterocycles. The van der Waals surface area contributed by atoms with Gasteiger partial charge in [-0.2, -0.15) is 0 Å². The number of hydrogen-bond acceptors (Lipinski definition) is 6. The second-order valence-electron chi connectivity index (χ2n) is 4.97. The Morgan fingerprint density at radius 1 is 0.783 bits per heavy atom. The van der Waals surface area contributed by atoms with Crippen LogP contribution in [-0.4, -0.2) is 86.2 Å². The van der Waals surface area contributed by atoms with Gasteiger partial charge in [0.1, 0.15) is 0 Å². The van der Waals surface area contributed by atoms with Gasteiger partial charge in [-0.3, -0.25) is 0 Å². The van der Waals surface area contributed by atoms with Crippen LogP contribution < -0.4 is 10.6 Å². The maximum atomic E-state index is 9.77. The number of rotatable bonds is 4.